The minimum atomic E-state index is -0.276. The molecule has 22 heavy (non-hydrogen) atoms. The maximum absolute atomic E-state index is 13.1. The van der Waals surface area contributed by atoms with Crippen molar-refractivity contribution in [3.63, 3.8) is 0 Å². The molecule has 0 aliphatic rings. The lowest BCUT2D eigenvalue weighted by molar-refractivity contribution is 0.160. The first-order valence-corrected chi connectivity index (χ1v) is 6.57. The van der Waals surface area contributed by atoms with Crippen molar-refractivity contribution in [1.82, 2.24) is 20.2 Å². The molecule has 3 rings (SSSR count). The van der Waals surface area contributed by atoms with Gasteiger partial charge in [-0.2, -0.15) is 0 Å². The van der Waals surface area contributed by atoms with Crippen molar-refractivity contribution >= 4 is 0 Å². The Morgan fingerprint density at radius 1 is 1.14 bits per heavy atom. The summed E-state index contributed by atoms with van der Waals surface area (Å²) in [5, 5.41) is 7.72. The molecule has 0 fully saturated rings. The molecule has 2 heterocycles. The van der Waals surface area contributed by atoms with Crippen LogP contribution in [0.1, 0.15) is 11.5 Å². The summed E-state index contributed by atoms with van der Waals surface area (Å²) in [7, 11) is 1.55. The van der Waals surface area contributed by atoms with Crippen molar-refractivity contribution in [2.75, 3.05) is 7.11 Å². The Morgan fingerprint density at radius 3 is 2.59 bits per heavy atom. The van der Waals surface area contributed by atoms with Crippen LogP contribution in [-0.2, 0) is 11.3 Å². The van der Waals surface area contributed by atoms with Gasteiger partial charge in [0.2, 0.25) is 5.89 Å². The van der Waals surface area contributed by atoms with Crippen molar-refractivity contribution in [2.24, 2.45) is 0 Å². The summed E-state index contributed by atoms with van der Waals surface area (Å²) in [6.07, 6.45) is 3.14. The highest BCUT2D eigenvalue weighted by Crippen LogP contribution is 2.23. The van der Waals surface area contributed by atoms with E-state index < -0.39 is 0 Å². The van der Waals surface area contributed by atoms with Crippen molar-refractivity contribution in [2.45, 2.75) is 13.5 Å². The normalized spacial score (nSPS) is 10.9. The summed E-state index contributed by atoms with van der Waals surface area (Å²) in [5.41, 5.74) is 2.74. The first-order chi connectivity index (χ1) is 10.7. The van der Waals surface area contributed by atoms with Gasteiger partial charge in [0.15, 0.2) is 0 Å². The van der Waals surface area contributed by atoms with Crippen LogP contribution in [0.2, 0.25) is 0 Å². The highest BCUT2D eigenvalue weighted by molar-refractivity contribution is 5.63. The number of hydrogen-bond donors (Lipinski definition) is 0. The standard InChI is InChI=1S/C15H13FN4O2/c1-9-5-10(16)3-4-11(9)12-6-18-13(7-17-12)15-20-19-14(22-15)8-21-2/h3-7H,8H2,1-2H3. The molecule has 2 aromatic heterocycles. The lowest BCUT2D eigenvalue weighted by Crippen LogP contribution is -1.92. The Morgan fingerprint density at radius 2 is 1.91 bits per heavy atom. The van der Waals surface area contributed by atoms with Crippen LogP contribution in [0.15, 0.2) is 35.0 Å². The van der Waals surface area contributed by atoms with E-state index in [1.807, 2.05) is 6.92 Å². The Balaban J connectivity index is 1.88. The van der Waals surface area contributed by atoms with Crippen molar-refractivity contribution in [1.29, 1.82) is 0 Å². The van der Waals surface area contributed by atoms with E-state index in [1.165, 1.54) is 12.1 Å². The van der Waals surface area contributed by atoms with Crippen LogP contribution in [0, 0.1) is 12.7 Å². The maximum atomic E-state index is 13.1. The van der Waals surface area contributed by atoms with Crippen LogP contribution in [0.5, 0.6) is 0 Å². The molecule has 1 aromatic carbocycles. The van der Waals surface area contributed by atoms with E-state index in [0.29, 0.717) is 17.3 Å². The second-order valence-corrected chi connectivity index (χ2v) is 4.68. The van der Waals surface area contributed by atoms with E-state index >= 15 is 0 Å². The van der Waals surface area contributed by atoms with Crippen molar-refractivity contribution in [3.8, 4) is 22.8 Å². The highest BCUT2D eigenvalue weighted by atomic mass is 19.1. The second-order valence-electron chi connectivity index (χ2n) is 4.68. The van der Waals surface area contributed by atoms with E-state index in [1.54, 1.807) is 25.6 Å². The molecule has 3 aromatic rings. The fourth-order valence-electron chi connectivity index (χ4n) is 2.03. The van der Waals surface area contributed by atoms with Crippen molar-refractivity contribution in [3.05, 3.63) is 47.9 Å². The topological polar surface area (TPSA) is 73.9 Å². The quantitative estimate of drug-likeness (QED) is 0.737. The fourth-order valence-corrected chi connectivity index (χ4v) is 2.03. The minimum absolute atomic E-state index is 0.243. The molecular formula is C15H13FN4O2. The molecule has 0 radical (unpaired) electrons. The zero-order valence-electron chi connectivity index (χ0n) is 12.1. The lowest BCUT2D eigenvalue weighted by Gasteiger charge is -2.05. The summed E-state index contributed by atoms with van der Waals surface area (Å²) in [4.78, 5) is 8.60. The third-order valence-corrected chi connectivity index (χ3v) is 3.07. The number of methoxy groups -OCH3 is 1. The van der Waals surface area contributed by atoms with E-state index in [-0.39, 0.29) is 18.3 Å². The largest absolute Gasteiger partial charge is 0.417 e. The van der Waals surface area contributed by atoms with E-state index in [2.05, 4.69) is 20.2 Å². The molecule has 0 amide bonds. The smallest absolute Gasteiger partial charge is 0.267 e. The maximum Gasteiger partial charge on any atom is 0.267 e. The average molecular weight is 300 g/mol. The van der Waals surface area contributed by atoms with Crippen LogP contribution < -0.4 is 0 Å². The Hall–Kier alpha value is -2.67. The molecule has 0 N–H and O–H groups in total. The second kappa shape index (κ2) is 5.98. The van der Waals surface area contributed by atoms with E-state index in [0.717, 1.165) is 11.1 Å². The Labute approximate surface area is 126 Å². The number of hydrogen-bond acceptors (Lipinski definition) is 6. The number of rotatable bonds is 4. The monoisotopic (exact) mass is 300 g/mol. The molecule has 0 unspecified atom stereocenters. The molecule has 7 heteroatoms. The number of nitrogens with zero attached hydrogens (tertiary/aromatic N) is 4. The van der Waals surface area contributed by atoms with Gasteiger partial charge in [0.25, 0.3) is 5.89 Å². The fraction of sp³-hybridized carbons (Fsp3) is 0.200. The third-order valence-electron chi connectivity index (χ3n) is 3.07. The van der Waals surface area contributed by atoms with Gasteiger partial charge in [0.1, 0.15) is 18.1 Å². The molecule has 0 spiro atoms. The lowest BCUT2D eigenvalue weighted by atomic mass is 10.1. The van der Waals surface area contributed by atoms with Crippen LogP contribution in [0.3, 0.4) is 0 Å². The summed E-state index contributed by atoms with van der Waals surface area (Å²) in [5.74, 6) is 0.377. The van der Waals surface area contributed by atoms with Gasteiger partial charge >= 0.3 is 0 Å². The zero-order chi connectivity index (χ0) is 15.5. The summed E-state index contributed by atoms with van der Waals surface area (Å²) in [6, 6.07) is 4.53. The number of benzene rings is 1. The molecule has 112 valence electrons. The van der Waals surface area contributed by atoms with Crippen LogP contribution in [0.4, 0.5) is 4.39 Å². The van der Waals surface area contributed by atoms with E-state index in [9.17, 15) is 4.39 Å². The van der Waals surface area contributed by atoms with E-state index in [4.69, 9.17) is 9.15 Å². The predicted octanol–water partition coefficient (Wildman–Crippen LogP) is 2.79. The zero-order valence-corrected chi connectivity index (χ0v) is 12.1. The molecule has 0 saturated heterocycles. The highest BCUT2D eigenvalue weighted by Gasteiger charge is 2.11. The summed E-state index contributed by atoms with van der Waals surface area (Å²) in [6.45, 7) is 2.07. The average Bonchev–Trinajstić information content (AvgIpc) is 2.97. The van der Waals surface area contributed by atoms with Gasteiger partial charge in [0.05, 0.1) is 18.1 Å². The van der Waals surface area contributed by atoms with Gasteiger partial charge in [-0.15, -0.1) is 10.2 Å². The molecule has 6 nitrogen and oxygen atoms in total. The van der Waals surface area contributed by atoms with Gasteiger partial charge in [-0.05, 0) is 30.7 Å². The van der Waals surface area contributed by atoms with Crippen LogP contribution in [-0.4, -0.2) is 27.3 Å². The molecule has 0 aliphatic carbocycles. The first kappa shape index (κ1) is 14.3. The van der Waals surface area contributed by atoms with Gasteiger partial charge in [-0.25, -0.2) is 9.37 Å². The van der Waals surface area contributed by atoms with Gasteiger partial charge in [0, 0.05) is 12.7 Å². The SMILES string of the molecule is COCc1nnc(-c2cnc(-c3ccc(F)cc3C)cn2)o1. The molecule has 0 atom stereocenters. The minimum Gasteiger partial charge on any atom is -0.417 e. The van der Waals surface area contributed by atoms with Gasteiger partial charge in [-0.3, -0.25) is 4.98 Å². The molecule has 0 aliphatic heterocycles. The number of aromatic nitrogens is 4. The van der Waals surface area contributed by atoms with Gasteiger partial charge in [-0.1, -0.05) is 0 Å². The van der Waals surface area contributed by atoms with Gasteiger partial charge < -0.3 is 9.15 Å². The summed E-state index contributed by atoms with van der Waals surface area (Å²) >= 11 is 0. The number of halogens is 1. The Kier molecular flexibility index (Phi) is 3.88. The molecule has 0 saturated carbocycles. The summed E-state index contributed by atoms with van der Waals surface area (Å²) < 4.78 is 23.4. The number of ether oxygens (including phenoxy) is 1. The number of aryl methyl sites for hydroxylation is 1. The third kappa shape index (κ3) is 2.84. The predicted molar refractivity (Wildman–Crippen MR) is 76.2 cm³/mol. The van der Waals surface area contributed by atoms with Crippen LogP contribution in [0.25, 0.3) is 22.8 Å². The van der Waals surface area contributed by atoms with Crippen LogP contribution >= 0.6 is 0 Å². The molecular weight excluding hydrogens is 287 g/mol. The first-order valence-electron chi connectivity index (χ1n) is 6.57. The Bertz CT molecular complexity index is 786. The van der Waals surface area contributed by atoms with Crippen molar-refractivity contribution < 1.29 is 13.5 Å². The molecule has 0 bridgehead atoms.